The summed E-state index contributed by atoms with van der Waals surface area (Å²) in [6, 6.07) is 3.21. The van der Waals surface area contributed by atoms with E-state index < -0.39 is 11.9 Å². The average molecular weight is 333 g/mol. The zero-order valence-corrected chi connectivity index (χ0v) is 13.6. The molecule has 7 heteroatoms. The van der Waals surface area contributed by atoms with Crippen LogP contribution in [0.25, 0.3) is 6.08 Å². The highest BCUT2D eigenvalue weighted by molar-refractivity contribution is 7.10. The van der Waals surface area contributed by atoms with Gasteiger partial charge in [0, 0.05) is 18.0 Å². The zero-order chi connectivity index (χ0) is 16.2. The minimum absolute atomic E-state index is 0.159. The molecular weight excluding hydrogens is 314 g/mol. The van der Waals surface area contributed by atoms with Crippen LogP contribution < -0.4 is 5.32 Å². The number of carbonyl (C=O) groups excluding carboxylic acids is 3. The molecule has 2 aliphatic rings. The Hall–Kier alpha value is -2.15. The first-order chi connectivity index (χ1) is 11.1. The molecule has 1 N–H and O–H groups in total. The van der Waals surface area contributed by atoms with Crippen LogP contribution in [0.4, 0.5) is 4.79 Å². The Balaban J connectivity index is 1.67. The second-order valence-corrected chi connectivity index (χ2v) is 6.67. The van der Waals surface area contributed by atoms with E-state index in [-0.39, 0.29) is 18.1 Å². The van der Waals surface area contributed by atoms with Gasteiger partial charge in [0.25, 0.3) is 5.91 Å². The van der Waals surface area contributed by atoms with Crippen LogP contribution in [0.5, 0.6) is 0 Å². The number of carbonyl (C=O) groups is 3. The first-order valence-corrected chi connectivity index (χ1v) is 8.69. The third kappa shape index (κ3) is 3.61. The van der Waals surface area contributed by atoms with Crippen molar-refractivity contribution >= 4 is 35.3 Å². The Kier molecular flexibility index (Phi) is 4.76. The van der Waals surface area contributed by atoms with Gasteiger partial charge in [-0.1, -0.05) is 18.9 Å². The Morgan fingerprint density at radius 2 is 1.96 bits per heavy atom. The quantitative estimate of drug-likeness (QED) is 0.680. The molecule has 0 aliphatic carbocycles. The summed E-state index contributed by atoms with van der Waals surface area (Å²) in [7, 11) is 0. The maximum Gasteiger partial charge on any atom is 0.329 e. The van der Waals surface area contributed by atoms with Crippen LogP contribution in [0.2, 0.25) is 0 Å². The molecule has 1 aromatic rings. The van der Waals surface area contributed by atoms with E-state index >= 15 is 0 Å². The lowest BCUT2D eigenvalue weighted by Crippen LogP contribution is -2.43. The Bertz CT molecular complexity index is 631. The normalized spacial score (nSPS) is 20.8. The van der Waals surface area contributed by atoms with Crippen molar-refractivity contribution in [3.05, 3.63) is 28.1 Å². The molecular formula is C16H19N3O3S. The summed E-state index contributed by atoms with van der Waals surface area (Å²) in [4.78, 5) is 40.3. The number of rotatable bonds is 3. The van der Waals surface area contributed by atoms with Crippen molar-refractivity contribution in [2.45, 2.75) is 25.7 Å². The number of nitrogens with one attached hydrogen (secondary N) is 1. The van der Waals surface area contributed by atoms with Gasteiger partial charge in [-0.3, -0.25) is 9.59 Å². The van der Waals surface area contributed by atoms with Gasteiger partial charge in [-0.2, -0.15) is 0 Å². The van der Waals surface area contributed by atoms with Gasteiger partial charge in [0.2, 0.25) is 5.91 Å². The second-order valence-electron chi connectivity index (χ2n) is 5.69. The molecule has 122 valence electrons. The molecule has 0 bridgehead atoms. The molecule has 0 unspecified atom stereocenters. The SMILES string of the molecule is O=C(CN1C(=O)N/C(=C/c2cccs2)C1=O)N1CCCCCC1. The van der Waals surface area contributed by atoms with Crippen molar-refractivity contribution in [1.82, 2.24) is 15.1 Å². The fourth-order valence-electron chi connectivity index (χ4n) is 2.79. The standard InChI is InChI=1S/C16H19N3O3S/c20-14(18-7-3-1-2-4-8-18)11-19-15(21)13(17-16(19)22)10-12-6-5-9-23-12/h5-6,9-10H,1-4,7-8,11H2,(H,17,22)/b13-10+. The minimum Gasteiger partial charge on any atom is -0.341 e. The molecule has 4 amide bonds. The number of urea groups is 1. The molecule has 6 nitrogen and oxygen atoms in total. The van der Waals surface area contributed by atoms with E-state index in [4.69, 9.17) is 0 Å². The Labute approximate surface area is 138 Å². The molecule has 2 saturated heterocycles. The van der Waals surface area contributed by atoms with Gasteiger partial charge in [-0.25, -0.2) is 9.69 Å². The topological polar surface area (TPSA) is 69.7 Å². The maximum absolute atomic E-state index is 12.4. The number of amides is 4. The molecule has 0 aromatic carbocycles. The molecule has 23 heavy (non-hydrogen) atoms. The summed E-state index contributed by atoms with van der Waals surface area (Å²) in [6.07, 6.45) is 5.85. The lowest BCUT2D eigenvalue weighted by Gasteiger charge is -2.22. The van der Waals surface area contributed by atoms with Crippen molar-refractivity contribution in [2.75, 3.05) is 19.6 Å². The predicted octanol–water partition coefficient (Wildman–Crippen LogP) is 2.04. The molecule has 3 rings (SSSR count). The van der Waals surface area contributed by atoms with Crippen LogP contribution in [0, 0.1) is 0 Å². The smallest absolute Gasteiger partial charge is 0.329 e. The van der Waals surface area contributed by atoms with Gasteiger partial charge < -0.3 is 10.2 Å². The number of hydrogen-bond donors (Lipinski definition) is 1. The first-order valence-electron chi connectivity index (χ1n) is 7.81. The number of hydrogen-bond acceptors (Lipinski definition) is 4. The fourth-order valence-corrected chi connectivity index (χ4v) is 3.44. The van der Waals surface area contributed by atoms with Crippen LogP contribution in [-0.4, -0.2) is 47.3 Å². The molecule has 0 spiro atoms. The summed E-state index contributed by atoms with van der Waals surface area (Å²) < 4.78 is 0. The predicted molar refractivity (Wildman–Crippen MR) is 87.6 cm³/mol. The molecule has 3 heterocycles. The summed E-state index contributed by atoms with van der Waals surface area (Å²) in [5.74, 6) is -0.598. The highest BCUT2D eigenvalue weighted by Gasteiger charge is 2.35. The number of imide groups is 1. The first kappa shape index (κ1) is 15.7. The molecule has 2 fully saturated rings. The second kappa shape index (κ2) is 6.95. The van der Waals surface area contributed by atoms with Gasteiger partial charge in [0.05, 0.1) is 0 Å². The molecule has 0 atom stereocenters. The van der Waals surface area contributed by atoms with E-state index in [9.17, 15) is 14.4 Å². The monoisotopic (exact) mass is 333 g/mol. The van der Waals surface area contributed by atoms with Crippen molar-refractivity contribution in [3.8, 4) is 0 Å². The molecule has 1 aromatic heterocycles. The van der Waals surface area contributed by atoms with Gasteiger partial charge in [-0.15, -0.1) is 11.3 Å². The molecule has 2 aliphatic heterocycles. The third-order valence-electron chi connectivity index (χ3n) is 4.04. The van der Waals surface area contributed by atoms with E-state index in [2.05, 4.69) is 5.32 Å². The van der Waals surface area contributed by atoms with Crippen molar-refractivity contribution in [2.24, 2.45) is 0 Å². The lowest BCUT2D eigenvalue weighted by molar-refractivity contribution is -0.135. The maximum atomic E-state index is 12.4. The van der Waals surface area contributed by atoms with Crippen molar-refractivity contribution in [3.63, 3.8) is 0 Å². The van der Waals surface area contributed by atoms with Gasteiger partial charge in [0.1, 0.15) is 12.2 Å². The van der Waals surface area contributed by atoms with Gasteiger partial charge in [-0.05, 0) is 30.4 Å². The Morgan fingerprint density at radius 3 is 2.61 bits per heavy atom. The number of thiophene rings is 1. The number of likely N-dealkylation sites (tertiary alicyclic amines) is 1. The van der Waals surface area contributed by atoms with Gasteiger partial charge in [0.15, 0.2) is 0 Å². The van der Waals surface area contributed by atoms with Crippen molar-refractivity contribution < 1.29 is 14.4 Å². The van der Waals surface area contributed by atoms with Crippen molar-refractivity contribution in [1.29, 1.82) is 0 Å². The highest BCUT2D eigenvalue weighted by atomic mass is 32.1. The van der Waals surface area contributed by atoms with E-state index in [0.717, 1.165) is 35.5 Å². The zero-order valence-electron chi connectivity index (χ0n) is 12.8. The Morgan fingerprint density at radius 1 is 1.22 bits per heavy atom. The minimum atomic E-state index is -0.527. The van der Waals surface area contributed by atoms with Crippen LogP contribution in [0.1, 0.15) is 30.6 Å². The summed E-state index contributed by atoms with van der Waals surface area (Å²) in [5.41, 5.74) is 0.223. The average Bonchev–Trinajstić information content (AvgIpc) is 3.01. The summed E-state index contributed by atoms with van der Waals surface area (Å²) in [5, 5.41) is 4.44. The largest absolute Gasteiger partial charge is 0.341 e. The third-order valence-corrected chi connectivity index (χ3v) is 4.86. The highest BCUT2D eigenvalue weighted by Crippen LogP contribution is 2.18. The van der Waals surface area contributed by atoms with Gasteiger partial charge >= 0.3 is 6.03 Å². The van der Waals surface area contributed by atoms with E-state index in [1.165, 1.54) is 11.3 Å². The summed E-state index contributed by atoms with van der Waals surface area (Å²) in [6.45, 7) is 1.23. The molecule has 0 radical (unpaired) electrons. The molecule has 0 saturated carbocycles. The lowest BCUT2D eigenvalue weighted by atomic mass is 10.2. The van der Waals surface area contributed by atoms with Crippen LogP contribution in [0.15, 0.2) is 23.2 Å². The fraction of sp³-hybridized carbons (Fsp3) is 0.438. The summed E-state index contributed by atoms with van der Waals surface area (Å²) >= 11 is 1.48. The number of nitrogens with zero attached hydrogens (tertiary/aromatic N) is 2. The van der Waals surface area contributed by atoms with E-state index in [0.29, 0.717) is 13.1 Å². The van der Waals surface area contributed by atoms with Crippen LogP contribution >= 0.6 is 11.3 Å². The van der Waals surface area contributed by atoms with E-state index in [1.807, 2.05) is 17.5 Å². The van der Waals surface area contributed by atoms with Crippen LogP contribution in [-0.2, 0) is 9.59 Å². The van der Waals surface area contributed by atoms with Crippen LogP contribution in [0.3, 0.4) is 0 Å². The van der Waals surface area contributed by atoms with E-state index in [1.54, 1.807) is 11.0 Å².